The van der Waals surface area contributed by atoms with Gasteiger partial charge in [-0.15, -0.1) is 0 Å². The number of rotatable bonds is 1. The van der Waals surface area contributed by atoms with Crippen LogP contribution in [0.4, 0.5) is 0 Å². The Kier molecular flexibility index (Phi) is 4.08. The second-order valence-corrected chi connectivity index (χ2v) is 4.24. The molecule has 21 heavy (non-hydrogen) atoms. The Bertz CT molecular complexity index is 717. The summed E-state index contributed by atoms with van der Waals surface area (Å²) in [5.74, 6) is -0.645. The standard InChI is InChI=1S/C15H10O4.C2H6/c1-19-15-11(16)7-6-10-12(15)14(18)9-5-3-2-4-8(9)13(10)17;1-2/h2-7,16H,1H3;1-2H3. The lowest BCUT2D eigenvalue weighted by atomic mass is 9.83. The van der Waals surface area contributed by atoms with Crippen molar-refractivity contribution in [1.29, 1.82) is 0 Å². The summed E-state index contributed by atoms with van der Waals surface area (Å²) in [6, 6.07) is 9.44. The lowest BCUT2D eigenvalue weighted by Crippen LogP contribution is -2.21. The number of phenolic OH excluding ortho intramolecular Hbond substituents is 1. The number of benzene rings is 2. The highest BCUT2D eigenvalue weighted by atomic mass is 16.5. The van der Waals surface area contributed by atoms with Gasteiger partial charge in [0.2, 0.25) is 0 Å². The van der Waals surface area contributed by atoms with Crippen LogP contribution in [0.25, 0.3) is 0 Å². The topological polar surface area (TPSA) is 63.6 Å². The van der Waals surface area contributed by atoms with Crippen LogP contribution in [0.15, 0.2) is 36.4 Å². The van der Waals surface area contributed by atoms with Gasteiger partial charge in [0.15, 0.2) is 23.1 Å². The molecular weight excluding hydrogens is 268 g/mol. The van der Waals surface area contributed by atoms with Gasteiger partial charge < -0.3 is 9.84 Å². The minimum Gasteiger partial charge on any atom is -0.504 e. The third-order valence-electron chi connectivity index (χ3n) is 3.23. The Balaban J connectivity index is 0.000000774. The average molecular weight is 284 g/mol. The molecule has 3 rings (SSSR count). The lowest BCUT2D eigenvalue weighted by Gasteiger charge is -2.19. The summed E-state index contributed by atoms with van der Waals surface area (Å²) in [4.78, 5) is 24.8. The Labute approximate surface area is 123 Å². The third-order valence-corrected chi connectivity index (χ3v) is 3.23. The van der Waals surface area contributed by atoms with Gasteiger partial charge in [0.1, 0.15) is 0 Å². The highest BCUT2D eigenvalue weighted by molar-refractivity contribution is 6.29. The number of methoxy groups -OCH3 is 1. The summed E-state index contributed by atoms with van der Waals surface area (Å²) < 4.78 is 5.05. The van der Waals surface area contributed by atoms with Gasteiger partial charge in [-0.05, 0) is 12.1 Å². The van der Waals surface area contributed by atoms with Gasteiger partial charge in [0.25, 0.3) is 0 Å². The maximum atomic E-state index is 12.4. The highest BCUT2D eigenvalue weighted by Gasteiger charge is 2.33. The van der Waals surface area contributed by atoms with Crippen molar-refractivity contribution in [2.45, 2.75) is 13.8 Å². The minimum absolute atomic E-state index is 0.0466. The number of ether oxygens (including phenoxy) is 1. The fraction of sp³-hybridized carbons (Fsp3) is 0.176. The van der Waals surface area contributed by atoms with Crippen LogP contribution in [0, 0.1) is 0 Å². The van der Waals surface area contributed by atoms with E-state index in [0.29, 0.717) is 11.1 Å². The van der Waals surface area contributed by atoms with Gasteiger partial charge in [0, 0.05) is 16.7 Å². The SMILES string of the molecule is CC.COc1c(O)ccc2c1C(=O)c1ccccc1C2=O. The van der Waals surface area contributed by atoms with Gasteiger partial charge >= 0.3 is 0 Å². The number of hydrogen-bond acceptors (Lipinski definition) is 4. The summed E-state index contributed by atoms with van der Waals surface area (Å²) in [6.07, 6.45) is 0. The van der Waals surface area contributed by atoms with E-state index in [9.17, 15) is 14.7 Å². The largest absolute Gasteiger partial charge is 0.504 e. The molecule has 0 atom stereocenters. The molecule has 4 nitrogen and oxygen atoms in total. The molecule has 2 aromatic carbocycles. The summed E-state index contributed by atoms with van der Waals surface area (Å²) in [6.45, 7) is 4.00. The van der Waals surface area contributed by atoms with Gasteiger partial charge in [-0.3, -0.25) is 9.59 Å². The fourth-order valence-electron chi connectivity index (χ4n) is 2.35. The third kappa shape index (κ3) is 2.18. The zero-order valence-corrected chi connectivity index (χ0v) is 12.1. The van der Waals surface area contributed by atoms with Crippen LogP contribution in [-0.4, -0.2) is 23.8 Å². The lowest BCUT2D eigenvalue weighted by molar-refractivity contribution is 0.0976. The summed E-state index contributed by atoms with van der Waals surface area (Å²) in [7, 11) is 1.35. The molecule has 4 heteroatoms. The van der Waals surface area contributed by atoms with Gasteiger partial charge in [0.05, 0.1) is 12.7 Å². The van der Waals surface area contributed by atoms with Crippen molar-refractivity contribution in [3.63, 3.8) is 0 Å². The number of fused-ring (bicyclic) bond motifs is 2. The molecule has 0 radical (unpaired) electrons. The Morgan fingerprint density at radius 1 is 0.857 bits per heavy atom. The molecule has 2 aromatic rings. The number of ketones is 2. The monoisotopic (exact) mass is 284 g/mol. The van der Waals surface area contributed by atoms with Crippen LogP contribution >= 0.6 is 0 Å². The molecular formula is C17H16O4. The predicted octanol–water partition coefficient (Wildman–Crippen LogP) is 3.20. The van der Waals surface area contributed by atoms with Crippen molar-refractivity contribution in [2.24, 2.45) is 0 Å². The second kappa shape index (κ2) is 5.79. The van der Waals surface area contributed by atoms with Crippen LogP contribution in [-0.2, 0) is 0 Å². The number of hydrogen-bond donors (Lipinski definition) is 1. The Morgan fingerprint density at radius 3 is 2.00 bits per heavy atom. The molecule has 0 saturated heterocycles. The number of phenols is 1. The first-order valence-electron chi connectivity index (χ1n) is 6.73. The quantitative estimate of drug-likeness (QED) is 0.745. The summed E-state index contributed by atoms with van der Waals surface area (Å²) in [5.41, 5.74) is 1.11. The van der Waals surface area contributed by atoms with E-state index in [-0.39, 0.29) is 34.2 Å². The molecule has 1 aliphatic carbocycles. The van der Waals surface area contributed by atoms with E-state index < -0.39 is 0 Å². The van der Waals surface area contributed by atoms with Crippen molar-refractivity contribution in [3.05, 3.63) is 58.7 Å². The number of aromatic hydroxyl groups is 1. The fourth-order valence-corrected chi connectivity index (χ4v) is 2.35. The summed E-state index contributed by atoms with van der Waals surface area (Å²) >= 11 is 0. The molecule has 0 unspecified atom stereocenters. The van der Waals surface area contributed by atoms with E-state index in [2.05, 4.69) is 0 Å². The van der Waals surface area contributed by atoms with Crippen LogP contribution in [0.5, 0.6) is 11.5 Å². The minimum atomic E-state index is -0.307. The van der Waals surface area contributed by atoms with Crippen molar-refractivity contribution in [1.82, 2.24) is 0 Å². The molecule has 0 bridgehead atoms. The first-order chi connectivity index (χ1) is 10.1. The molecule has 0 spiro atoms. The normalized spacial score (nSPS) is 12.0. The van der Waals surface area contributed by atoms with E-state index >= 15 is 0 Å². The van der Waals surface area contributed by atoms with Crippen LogP contribution < -0.4 is 4.74 Å². The molecule has 0 saturated carbocycles. The van der Waals surface area contributed by atoms with Crippen LogP contribution in [0.3, 0.4) is 0 Å². The molecule has 0 aliphatic heterocycles. The van der Waals surface area contributed by atoms with Crippen molar-refractivity contribution in [2.75, 3.05) is 7.11 Å². The zero-order chi connectivity index (χ0) is 15.6. The second-order valence-electron chi connectivity index (χ2n) is 4.24. The molecule has 1 N–H and O–H groups in total. The zero-order valence-electron chi connectivity index (χ0n) is 12.1. The van der Waals surface area contributed by atoms with Crippen LogP contribution in [0.2, 0.25) is 0 Å². The van der Waals surface area contributed by atoms with Gasteiger partial charge in [-0.1, -0.05) is 38.1 Å². The first-order valence-corrected chi connectivity index (χ1v) is 6.73. The average Bonchev–Trinajstić information content (AvgIpc) is 2.54. The molecule has 0 aromatic heterocycles. The van der Waals surface area contributed by atoms with E-state index in [0.717, 1.165) is 0 Å². The molecule has 0 amide bonds. The highest BCUT2D eigenvalue weighted by Crippen LogP contribution is 2.38. The Morgan fingerprint density at radius 2 is 1.43 bits per heavy atom. The summed E-state index contributed by atoms with van der Waals surface area (Å²) in [5, 5.41) is 9.73. The molecule has 0 fully saturated rings. The van der Waals surface area contributed by atoms with Crippen molar-refractivity contribution >= 4 is 11.6 Å². The molecule has 1 aliphatic rings. The van der Waals surface area contributed by atoms with E-state index in [1.807, 2.05) is 13.8 Å². The van der Waals surface area contributed by atoms with Gasteiger partial charge in [-0.2, -0.15) is 0 Å². The van der Waals surface area contributed by atoms with E-state index in [4.69, 9.17) is 4.74 Å². The van der Waals surface area contributed by atoms with Crippen LogP contribution in [0.1, 0.15) is 45.7 Å². The number of carbonyl (C=O) groups excluding carboxylic acids is 2. The smallest absolute Gasteiger partial charge is 0.198 e. The molecule has 0 heterocycles. The maximum Gasteiger partial charge on any atom is 0.198 e. The molecule has 108 valence electrons. The van der Waals surface area contributed by atoms with Crippen molar-refractivity contribution in [3.8, 4) is 11.5 Å². The predicted molar refractivity (Wildman–Crippen MR) is 79.3 cm³/mol. The van der Waals surface area contributed by atoms with E-state index in [1.165, 1.54) is 19.2 Å². The maximum absolute atomic E-state index is 12.4. The first kappa shape index (κ1) is 14.8. The van der Waals surface area contributed by atoms with Gasteiger partial charge in [-0.25, -0.2) is 0 Å². The van der Waals surface area contributed by atoms with Crippen molar-refractivity contribution < 1.29 is 19.4 Å². The number of carbonyl (C=O) groups is 2. The van der Waals surface area contributed by atoms with E-state index in [1.54, 1.807) is 24.3 Å². The Hall–Kier alpha value is -2.62.